The number of methoxy groups -OCH3 is 1. The van der Waals surface area contributed by atoms with Crippen LogP contribution in [0.5, 0.6) is 5.75 Å². The summed E-state index contributed by atoms with van der Waals surface area (Å²) in [6, 6.07) is 17.6. The first-order valence-corrected chi connectivity index (χ1v) is 11.4. The topological polar surface area (TPSA) is 77.9 Å². The maximum absolute atomic E-state index is 12.5. The molecule has 1 aliphatic rings. The number of amides is 1. The van der Waals surface area contributed by atoms with Gasteiger partial charge in [-0.1, -0.05) is 18.2 Å². The Hall–Kier alpha value is -3.00. The number of benzene rings is 2. The van der Waals surface area contributed by atoms with Crippen LogP contribution in [0.2, 0.25) is 0 Å². The molecule has 7 nitrogen and oxygen atoms in total. The van der Waals surface area contributed by atoms with Crippen molar-refractivity contribution in [3.8, 4) is 5.75 Å². The number of rotatable bonds is 8. The van der Waals surface area contributed by atoms with E-state index >= 15 is 0 Å². The number of hydrogen-bond acceptors (Lipinski definition) is 6. The number of aliphatic hydroxyl groups excluding tert-OH is 1. The molecule has 1 aliphatic heterocycles. The van der Waals surface area contributed by atoms with Gasteiger partial charge in [0.25, 0.3) is 0 Å². The molecule has 174 valence electrons. The number of anilines is 1. The number of nitrogens with one attached hydrogen (secondary N) is 1. The number of aliphatic hydroxyl groups is 1. The van der Waals surface area contributed by atoms with Crippen LogP contribution < -0.4 is 15.0 Å². The van der Waals surface area contributed by atoms with Gasteiger partial charge in [-0.15, -0.1) is 0 Å². The third kappa shape index (κ3) is 5.68. The fourth-order valence-corrected chi connectivity index (χ4v) is 4.37. The van der Waals surface area contributed by atoms with Crippen molar-refractivity contribution < 1.29 is 14.6 Å². The summed E-state index contributed by atoms with van der Waals surface area (Å²) in [7, 11) is 3.45. The number of aromatic nitrogens is 1. The van der Waals surface area contributed by atoms with Crippen molar-refractivity contribution in [1.82, 2.24) is 15.2 Å². The Bertz CT molecular complexity index is 1070. The lowest BCUT2D eigenvalue weighted by Crippen LogP contribution is -2.46. The van der Waals surface area contributed by atoms with E-state index in [4.69, 9.17) is 4.74 Å². The first-order valence-electron chi connectivity index (χ1n) is 11.4. The third-order valence-corrected chi connectivity index (χ3v) is 6.42. The van der Waals surface area contributed by atoms with E-state index in [1.807, 2.05) is 61.6 Å². The molecule has 0 bridgehead atoms. The van der Waals surface area contributed by atoms with Crippen LogP contribution in [0.15, 0.2) is 60.8 Å². The highest BCUT2D eigenvalue weighted by Gasteiger charge is 2.23. The fourth-order valence-electron chi connectivity index (χ4n) is 4.37. The smallest absolute Gasteiger partial charge is 0.240 e. The van der Waals surface area contributed by atoms with Gasteiger partial charge in [0.1, 0.15) is 5.75 Å². The highest BCUT2D eigenvalue weighted by Crippen LogP contribution is 2.27. The van der Waals surface area contributed by atoms with Crippen molar-refractivity contribution in [3.63, 3.8) is 0 Å². The van der Waals surface area contributed by atoms with E-state index in [2.05, 4.69) is 15.2 Å². The number of nitrogens with zero attached hydrogens (tertiary/aromatic N) is 3. The predicted octanol–water partition coefficient (Wildman–Crippen LogP) is 2.99. The molecule has 2 heterocycles. The van der Waals surface area contributed by atoms with E-state index < -0.39 is 6.10 Å². The molecule has 0 unspecified atom stereocenters. The average molecular weight is 449 g/mol. The SMILES string of the molecule is COc1ccc2nccc([C@H](O)CN3CCC(NCC(=O)N(C)c4ccccc4)CC3)c2c1. The third-order valence-electron chi connectivity index (χ3n) is 6.42. The zero-order valence-electron chi connectivity index (χ0n) is 19.3. The Morgan fingerprint density at radius 3 is 2.70 bits per heavy atom. The minimum absolute atomic E-state index is 0.0547. The number of fused-ring (bicyclic) bond motifs is 1. The van der Waals surface area contributed by atoms with Crippen molar-refractivity contribution >= 4 is 22.5 Å². The van der Waals surface area contributed by atoms with Crippen molar-refractivity contribution in [3.05, 3.63) is 66.4 Å². The minimum atomic E-state index is -0.604. The van der Waals surface area contributed by atoms with Gasteiger partial charge in [-0.25, -0.2) is 0 Å². The number of carbonyl (C=O) groups is 1. The number of likely N-dealkylation sites (tertiary alicyclic amines) is 1. The molecule has 0 spiro atoms. The number of pyridine rings is 1. The number of hydrogen-bond donors (Lipinski definition) is 2. The number of para-hydroxylation sites is 1. The minimum Gasteiger partial charge on any atom is -0.497 e. The molecule has 1 amide bonds. The van der Waals surface area contributed by atoms with E-state index in [-0.39, 0.29) is 5.91 Å². The van der Waals surface area contributed by atoms with Gasteiger partial charge in [-0.2, -0.15) is 0 Å². The highest BCUT2D eigenvalue weighted by atomic mass is 16.5. The van der Waals surface area contributed by atoms with Crippen LogP contribution in [-0.4, -0.2) is 67.3 Å². The number of β-amino-alcohol motifs (C(OH)–C–C–N with tert-alkyl or cyclic N) is 1. The Labute approximate surface area is 195 Å². The van der Waals surface area contributed by atoms with Crippen LogP contribution in [-0.2, 0) is 4.79 Å². The van der Waals surface area contributed by atoms with Crippen LogP contribution in [0.25, 0.3) is 10.9 Å². The molecule has 3 aromatic rings. The summed E-state index contributed by atoms with van der Waals surface area (Å²) in [6.07, 6.45) is 3.03. The van der Waals surface area contributed by atoms with Gasteiger partial charge >= 0.3 is 0 Å². The summed E-state index contributed by atoms with van der Waals surface area (Å²) in [5.74, 6) is 0.808. The molecule has 1 fully saturated rings. The van der Waals surface area contributed by atoms with Gasteiger partial charge in [0.05, 0.1) is 25.3 Å². The lowest BCUT2D eigenvalue weighted by Gasteiger charge is -2.34. The molecule has 7 heteroatoms. The maximum Gasteiger partial charge on any atom is 0.240 e. The van der Waals surface area contributed by atoms with Gasteiger partial charge in [-0.3, -0.25) is 9.78 Å². The molecule has 0 aliphatic carbocycles. The van der Waals surface area contributed by atoms with Crippen molar-refractivity contribution in [1.29, 1.82) is 0 Å². The van der Waals surface area contributed by atoms with Crippen molar-refractivity contribution in [2.45, 2.75) is 25.0 Å². The van der Waals surface area contributed by atoms with Gasteiger partial charge < -0.3 is 25.0 Å². The van der Waals surface area contributed by atoms with Gasteiger partial charge in [0.15, 0.2) is 0 Å². The lowest BCUT2D eigenvalue weighted by molar-refractivity contribution is -0.117. The monoisotopic (exact) mass is 448 g/mol. The van der Waals surface area contributed by atoms with E-state index in [1.165, 1.54) is 0 Å². The highest BCUT2D eigenvalue weighted by molar-refractivity contribution is 5.94. The molecule has 2 aromatic carbocycles. The number of likely N-dealkylation sites (N-methyl/N-ethyl adjacent to an activating group) is 1. The Morgan fingerprint density at radius 2 is 1.97 bits per heavy atom. The Morgan fingerprint density at radius 1 is 1.21 bits per heavy atom. The summed E-state index contributed by atoms with van der Waals surface area (Å²) in [4.78, 5) is 20.9. The number of ether oxygens (including phenoxy) is 1. The second kappa shape index (κ2) is 10.7. The van der Waals surface area contributed by atoms with Crippen molar-refractivity contribution in [2.24, 2.45) is 0 Å². The molecule has 2 N–H and O–H groups in total. The zero-order chi connectivity index (χ0) is 23.2. The summed E-state index contributed by atoms with van der Waals surface area (Å²) in [5, 5.41) is 15.3. The predicted molar refractivity (Wildman–Crippen MR) is 131 cm³/mol. The molecule has 0 saturated carbocycles. The van der Waals surface area contributed by atoms with E-state index in [0.717, 1.165) is 53.8 Å². The zero-order valence-corrected chi connectivity index (χ0v) is 19.3. The molecule has 1 aromatic heterocycles. The summed E-state index contributed by atoms with van der Waals surface area (Å²) < 4.78 is 5.34. The molecule has 1 saturated heterocycles. The lowest BCUT2D eigenvalue weighted by atomic mass is 10.0. The summed E-state index contributed by atoms with van der Waals surface area (Å²) in [5.41, 5.74) is 2.61. The fraction of sp³-hybridized carbons (Fsp3) is 0.385. The summed E-state index contributed by atoms with van der Waals surface area (Å²) >= 11 is 0. The molecule has 4 rings (SSSR count). The van der Waals surface area contributed by atoms with Crippen molar-refractivity contribution in [2.75, 3.05) is 45.2 Å². The van der Waals surface area contributed by atoms with Crippen LogP contribution in [0.1, 0.15) is 24.5 Å². The molecule has 1 atom stereocenters. The van der Waals surface area contributed by atoms with E-state index in [9.17, 15) is 9.90 Å². The number of carbonyl (C=O) groups excluding carboxylic acids is 1. The summed E-state index contributed by atoms with van der Waals surface area (Å²) in [6.45, 7) is 2.65. The molecular weight excluding hydrogens is 416 g/mol. The largest absolute Gasteiger partial charge is 0.497 e. The first kappa shape index (κ1) is 23.2. The van der Waals surface area contributed by atoms with Crippen LogP contribution >= 0.6 is 0 Å². The maximum atomic E-state index is 12.5. The standard InChI is InChI=1S/C26H32N4O3/c1-29(20-6-4-3-5-7-20)26(32)17-28-19-11-14-30(15-12-19)18-25(31)22-10-13-27-24-9-8-21(33-2)16-23(22)24/h3-10,13,16,19,25,28,31H,11-12,14-15,17-18H2,1-2H3/t25-/m1/s1. The molecular formula is C26H32N4O3. The quantitative estimate of drug-likeness (QED) is 0.552. The van der Waals surface area contributed by atoms with Gasteiger partial charge in [-0.05, 0) is 67.9 Å². The second-order valence-corrected chi connectivity index (χ2v) is 8.54. The van der Waals surface area contributed by atoms with Gasteiger partial charge in [0, 0.05) is 36.9 Å². The Balaban J connectivity index is 1.27. The first-order chi connectivity index (χ1) is 16.0. The van der Waals surface area contributed by atoms with E-state index in [1.54, 1.807) is 18.2 Å². The Kier molecular flexibility index (Phi) is 7.54. The average Bonchev–Trinajstić information content (AvgIpc) is 2.87. The molecule has 0 radical (unpaired) electrons. The number of piperidine rings is 1. The normalized spacial score (nSPS) is 16.0. The van der Waals surface area contributed by atoms with Crippen LogP contribution in [0.3, 0.4) is 0 Å². The van der Waals surface area contributed by atoms with Crippen LogP contribution in [0.4, 0.5) is 5.69 Å². The molecule has 33 heavy (non-hydrogen) atoms. The second-order valence-electron chi connectivity index (χ2n) is 8.54. The van der Waals surface area contributed by atoms with E-state index in [0.29, 0.717) is 19.1 Å². The van der Waals surface area contributed by atoms with Crippen LogP contribution in [0, 0.1) is 0 Å². The van der Waals surface area contributed by atoms with Gasteiger partial charge in [0.2, 0.25) is 5.91 Å².